The Bertz CT molecular complexity index is 547. The first-order chi connectivity index (χ1) is 7.70. The van der Waals surface area contributed by atoms with Gasteiger partial charge >= 0.3 is 5.97 Å². The molecule has 0 radical (unpaired) electrons. The molecule has 0 amide bonds. The van der Waals surface area contributed by atoms with Gasteiger partial charge < -0.3 is 4.74 Å². The van der Waals surface area contributed by atoms with Crippen molar-refractivity contribution in [2.24, 2.45) is 0 Å². The van der Waals surface area contributed by atoms with Crippen molar-refractivity contribution in [2.75, 3.05) is 7.11 Å². The highest BCUT2D eigenvalue weighted by Gasteiger charge is 2.12. The first-order valence-corrected chi connectivity index (χ1v) is 5.52. The number of hydrogen-bond donors (Lipinski definition) is 0. The number of carbonyl (C=O) groups excluding carboxylic acids is 2. The summed E-state index contributed by atoms with van der Waals surface area (Å²) in [5, 5.41) is 0. The molecule has 2 rings (SSSR count). The highest BCUT2D eigenvalue weighted by atomic mass is 32.1. The predicted molar refractivity (Wildman–Crippen MR) is 60.6 cm³/mol. The molecule has 5 heteroatoms. The molecular formula is C11H9NO3S. The SMILES string of the molecule is COC(=O)CC(=O)c1ccc2ncsc2c1. The number of carbonyl (C=O) groups is 2. The van der Waals surface area contributed by atoms with Gasteiger partial charge in [-0.1, -0.05) is 0 Å². The summed E-state index contributed by atoms with van der Waals surface area (Å²) >= 11 is 1.46. The largest absolute Gasteiger partial charge is 0.469 e. The lowest BCUT2D eigenvalue weighted by Crippen LogP contribution is -2.09. The minimum Gasteiger partial charge on any atom is -0.469 e. The van der Waals surface area contributed by atoms with Gasteiger partial charge in [0.1, 0.15) is 6.42 Å². The second kappa shape index (κ2) is 4.40. The maximum atomic E-state index is 11.7. The highest BCUT2D eigenvalue weighted by Crippen LogP contribution is 2.19. The third kappa shape index (κ3) is 2.09. The maximum absolute atomic E-state index is 11.7. The number of ketones is 1. The zero-order chi connectivity index (χ0) is 11.5. The monoisotopic (exact) mass is 235 g/mol. The molecule has 0 unspecified atom stereocenters. The van der Waals surface area contributed by atoms with Crippen LogP contribution in [0.15, 0.2) is 23.7 Å². The van der Waals surface area contributed by atoms with Crippen LogP contribution in [0.25, 0.3) is 10.2 Å². The van der Waals surface area contributed by atoms with Gasteiger partial charge in [-0.25, -0.2) is 4.98 Å². The van der Waals surface area contributed by atoms with Crippen LogP contribution < -0.4 is 0 Å². The van der Waals surface area contributed by atoms with E-state index in [0.717, 1.165) is 10.2 Å². The van der Waals surface area contributed by atoms with Gasteiger partial charge in [-0.15, -0.1) is 11.3 Å². The number of nitrogens with zero attached hydrogens (tertiary/aromatic N) is 1. The molecule has 0 aliphatic heterocycles. The lowest BCUT2D eigenvalue weighted by atomic mass is 10.1. The molecule has 1 heterocycles. The molecule has 2 aromatic rings. The summed E-state index contributed by atoms with van der Waals surface area (Å²) in [6, 6.07) is 5.20. The van der Waals surface area contributed by atoms with E-state index in [0.29, 0.717) is 5.56 Å². The fourth-order valence-corrected chi connectivity index (χ4v) is 2.05. The molecule has 0 spiro atoms. The zero-order valence-corrected chi connectivity index (χ0v) is 9.41. The molecule has 0 atom stereocenters. The summed E-state index contributed by atoms with van der Waals surface area (Å²) < 4.78 is 5.39. The number of benzene rings is 1. The van der Waals surface area contributed by atoms with Crippen molar-refractivity contribution in [1.82, 2.24) is 4.98 Å². The summed E-state index contributed by atoms with van der Waals surface area (Å²) in [5.74, 6) is -0.753. The number of thiazole rings is 1. The van der Waals surface area contributed by atoms with E-state index in [1.807, 2.05) is 0 Å². The van der Waals surface area contributed by atoms with Crippen LogP contribution in [-0.4, -0.2) is 23.8 Å². The van der Waals surface area contributed by atoms with E-state index in [1.165, 1.54) is 18.4 Å². The molecule has 0 bridgehead atoms. The van der Waals surface area contributed by atoms with Crippen LogP contribution in [0.5, 0.6) is 0 Å². The summed E-state index contributed by atoms with van der Waals surface area (Å²) in [7, 11) is 1.27. The third-order valence-corrected chi connectivity index (χ3v) is 2.98. The van der Waals surface area contributed by atoms with Gasteiger partial charge in [0.15, 0.2) is 5.78 Å². The number of methoxy groups -OCH3 is 1. The smallest absolute Gasteiger partial charge is 0.313 e. The van der Waals surface area contributed by atoms with Crippen molar-refractivity contribution in [3.63, 3.8) is 0 Å². The molecule has 0 N–H and O–H groups in total. The number of ether oxygens (including phenoxy) is 1. The van der Waals surface area contributed by atoms with Crippen LogP contribution in [0, 0.1) is 0 Å². The van der Waals surface area contributed by atoms with E-state index in [1.54, 1.807) is 23.7 Å². The molecule has 82 valence electrons. The van der Waals surface area contributed by atoms with Gasteiger partial charge in [-0.2, -0.15) is 0 Å². The van der Waals surface area contributed by atoms with Gasteiger partial charge in [-0.3, -0.25) is 9.59 Å². The molecule has 1 aromatic heterocycles. The summed E-state index contributed by atoms with van der Waals surface area (Å²) in [5.41, 5.74) is 3.10. The second-order valence-corrected chi connectivity index (χ2v) is 4.10. The molecular weight excluding hydrogens is 226 g/mol. The topological polar surface area (TPSA) is 56.3 Å². The molecule has 0 saturated carbocycles. The minimum absolute atomic E-state index is 0.221. The first-order valence-electron chi connectivity index (χ1n) is 4.64. The second-order valence-electron chi connectivity index (χ2n) is 3.21. The lowest BCUT2D eigenvalue weighted by molar-refractivity contribution is -0.139. The Morgan fingerprint density at radius 1 is 1.44 bits per heavy atom. The van der Waals surface area contributed by atoms with E-state index in [4.69, 9.17) is 0 Å². The molecule has 1 aromatic carbocycles. The maximum Gasteiger partial charge on any atom is 0.313 e. The van der Waals surface area contributed by atoms with Crippen LogP contribution in [0.3, 0.4) is 0 Å². The van der Waals surface area contributed by atoms with E-state index >= 15 is 0 Å². The van der Waals surface area contributed by atoms with Crippen LogP contribution in [0.4, 0.5) is 0 Å². The number of rotatable bonds is 3. The molecule has 0 saturated heterocycles. The van der Waals surface area contributed by atoms with Crippen molar-refractivity contribution >= 4 is 33.3 Å². The highest BCUT2D eigenvalue weighted by molar-refractivity contribution is 7.16. The fourth-order valence-electron chi connectivity index (χ4n) is 1.33. The van der Waals surface area contributed by atoms with Crippen molar-refractivity contribution in [3.8, 4) is 0 Å². The van der Waals surface area contributed by atoms with Crippen LogP contribution >= 0.6 is 11.3 Å². The Morgan fingerprint density at radius 2 is 2.25 bits per heavy atom. The molecule has 4 nitrogen and oxygen atoms in total. The Balaban J connectivity index is 2.25. The Morgan fingerprint density at radius 3 is 3.00 bits per heavy atom. The van der Waals surface area contributed by atoms with E-state index in [2.05, 4.69) is 9.72 Å². The van der Waals surface area contributed by atoms with Gasteiger partial charge in [0.25, 0.3) is 0 Å². The van der Waals surface area contributed by atoms with Gasteiger partial charge in [-0.05, 0) is 18.2 Å². The molecule has 16 heavy (non-hydrogen) atoms. The van der Waals surface area contributed by atoms with Gasteiger partial charge in [0.05, 0.1) is 22.8 Å². The van der Waals surface area contributed by atoms with Crippen LogP contribution in [0.2, 0.25) is 0 Å². The average molecular weight is 235 g/mol. The molecule has 0 aliphatic rings. The molecule has 0 aliphatic carbocycles. The number of fused-ring (bicyclic) bond motifs is 1. The lowest BCUT2D eigenvalue weighted by Gasteiger charge is -1.99. The minimum atomic E-state index is -0.519. The van der Waals surface area contributed by atoms with Crippen molar-refractivity contribution in [3.05, 3.63) is 29.3 Å². The predicted octanol–water partition coefficient (Wildman–Crippen LogP) is 2.04. The zero-order valence-electron chi connectivity index (χ0n) is 8.60. The van der Waals surface area contributed by atoms with Crippen molar-refractivity contribution in [2.45, 2.75) is 6.42 Å². The quantitative estimate of drug-likeness (QED) is 0.464. The fraction of sp³-hybridized carbons (Fsp3) is 0.182. The number of hydrogen-bond acceptors (Lipinski definition) is 5. The number of Topliss-reactive ketones (excluding diaryl/α,β-unsaturated/α-hetero) is 1. The summed E-state index contributed by atoms with van der Waals surface area (Å²) in [6.45, 7) is 0. The van der Waals surface area contributed by atoms with Crippen LogP contribution in [0.1, 0.15) is 16.8 Å². The van der Waals surface area contributed by atoms with Gasteiger partial charge in [0, 0.05) is 5.56 Å². The summed E-state index contributed by atoms with van der Waals surface area (Å²) in [6.07, 6.45) is -0.221. The van der Waals surface area contributed by atoms with Crippen LogP contribution in [-0.2, 0) is 9.53 Å². The van der Waals surface area contributed by atoms with Crippen molar-refractivity contribution < 1.29 is 14.3 Å². The normalized spacial score (nSPS) is 10.3. The van der Waals surface area contributed by atoms with E-state index < -0.39 is 5.97 Å². The summed E-state index contributed by atoms with van der Waals surface area (Å²) in [4.78, 5) is 26.7. The van der Waals surface area contributed by atoms with E-state index in [9.17, 15) is 9.59 Å². The van der Waals surface area contributed by atoms with E-state index in [-0.39, 0.29) is 12.2 Å². The van der Waals surface area contributed by atoms with Gasteiger partial charge in [0.2, 0.25) is 0 Å². The Hall–Kier alpha value is -1.75. The van der Waals surface area contributed by atoms with Crippen molar-refractivity contribution in [1.29, 1.82) is 0 Å². The Labute approximate surface area is 95.9 Å². The number of esters is 1. The molecule has 0 fully saturated rings. The average Bonchev–Trinajstić information content (AvgIpc) is 2.75. The Kier molecular flexibility index (Phi) is 2.96. The first kappa shape index (κ1) is 10.8. The standard InChI is InChI=1S/C11H9NO3S/c1-15-11(14)5-9(13)7-2-3-8-10(4-7)16-6-12-8/h2-4,6H,5H2,1H3. The third-order valence-electron chi connectivity index (χ3n) is 2.19. The number of aromatic nitrogens is 1.